The molecule has 63 heavy (non-hydrogen) atoms. The van der Waals surface area contributed by atoms with E-state index in [9.17, 15) is 24.0 Å². The van der Waals surface area contributed by atoms with Crippen LogP contribution in [0.25, 0.3) is 11.1 Å². The molecule has 322 valence electrons. The third-order valence-electron chi connectivity index (χ3n) is 11.3. The van der Waals surface area contributed by atoms with Crippen molar-refractivity contribution in [1.82, 2.24) is 25.5 Å². The van der Waals surface area contributed by atoms with E-state index in [1.54, 1.807) is 20.2 Å². The summed E-state index contributed by atoms with van der Waals surface area (Å²) in [6.45, 7) is 4.20. The number of carbonyl (C=O) groups excluding carboxylic acids is 5. The van der Waals surface area contributed by atoms with E-state index in [-0.39, 0.29) is 24.9 Å². The molecule has 6 aromatic rings. The van der Waals surface area contributed by atoms with Crippen molar-refractivity contribution in [3.63, 3.8) is 0 Å². The fourth-order valence-electron chi connectivity index (χ4n) is 8.23. The Labute approximate surface area is 366 Å². The minimum Gasteiger partial charge on any atom is -0.454 e. The van der Waals surface area contributed by atoms with E-state index in [2.05, 4.69) is 20.9 Å². The molecule has 0 radical (unpaired) electrons. The van der Waals surface area contributed by atoms with Gasteiger partial charge in [-0.1, -0.05) is 153 Å². The minimum atomic E-state index is -1.19. The Morgan fingerprint density at radius 1 is 0.683 bits per heavy atom. The molecule has 0 aliphatic heterocycles. The van der Waals surface area contributed by atoms with Crippen molar-refractivity contribution in [3.8, 4) is 11.1 Å². The molecule has 0 saturated heterocycles. The van der Waals surface area contributed by atoms with Crippen molar-refractivity contribution >= 4 is 29.8 Å². The quantitative estimate of drug-likeness (QED) is 0.0652. The topological polar surface area (TPSA) is 184 Å². The third kappa shape index (κ3) is 9.52. The molecule has 0 bridgehead atoms. The van der Waals surface area contributed by atoms with E-state index in [1.807, 2.05) is 150 Å². The minimum absolute atomic E-state index is 0.0454. The smallest absolute Gasteiger partial charge is 0.407 e. The number of nitrogens with two attached hydrogens (primary N) is 1. The second-order valence-corrected chi connectivity index (χ2v) is 15.8. The lowest BCUT2D eigenvalue weighted by molar-refractivity contribution is -0.151. The molecule has 4 amide bonds. The average molecular weight is 847 g/mol. The van der Waals surface area contributed by atoms with Gasteiger partial charge in [-0.15, -0.1) is 0 Å². The first-order valence-electron chi connectivity index (χ1n) is 20.8. The highest BCUT2D eigenvalue weighted by atomic mass is 16.5. The number of primary amides is 1. The molecule has 0 saturated carbocycles. The number of amides is 4. The van der Waals surface area contributed by atoms with Gasteiger partial charge in [-0.3, -0.25) is 14.4 Å². The second kappa shape index (κ2) is 19.4. The van der Waals surface area contributed by atoms with Crippen LogP contribution in [0.15, 0.2) is 152 Å². The van der Waals surface area contributed by atoms with Crippen LogP contribution < -0.4 is 21.7 Å². The van der Waals surface area contributed by atoms with Crippen LogP contribution in [-0.4, -0.2) is 70.7 Å². The van der Waals surface area contributed by atoms with E-state index < -0.39 is 60.1 Å². The van der Waals surface area contributed by atoms with Gasteiger partial charge in [0, 0.05) is 18.5 Å². The highest BCUT2D eigenvalue weighted by molar-refractivity contribution is 5.91. The molecule has 13 nitrogen and oxygen atoms in total. The molecule has 5 N–H and O–H groups in total. The maximum absolute atomic E-state index is 13.3. The Morgan fingerprint density at radius 3 is 1.70 bits per heavy atom. The van der Waals surface area contributed by atoms with Crippen LogP contribution in [0.2, 0.25) is 0 Å². The number of aromatic nitrogens is 2. The van der Waals surface area contributed by atoms with Gasteiger partial charge in [-0.25, -0.2) is 14.6 Å². The Morgan fingerprint density at radius 2 is 1.19 bits per heavy atom. The maximum Gasteiger partial charge on any atom is 0.407 e. The van der Waals surface area contributed by atoms with Crippen LogP contribution in [0, 0.1) is 5.92 Å². The zero-order valence-corrected chi connectivity index (χ0v) is 35.3. The van der Waals surface area contributed by atoms with E-state index in [0.717, 1.165) is 38.9 Å². The first-order chi connectivity index (χ1) is 30.5. The van der Waals surface area contributed by atoms with Crippen LogP contribution in [-0.2, 0) is 40.6 Å². The standard InChI is InChI=1S/C50H50N6O7/c1-32(2)45(55-49(61)63-29-42-40-25-15-13-23-38(40)39-24-14-16-26-41(39)42)47(59)53-33(3)48(60)62-30-44(57)54-43(46(51)58)27-37-28-56(31-52-37)50(34-17-7-4-8-18-34,35-19-9-5-10-20-35)36-21-11-6-12-22-36/h4-26,28,31-33,42-43,45H,27,29-30H2,1-3H3,(H2,51,58)(H,53,59)(H,54,57)(H,55,61)/t33-,43-,45-/m0/s1. The van der Waals surface area contributed by atoms with Crippen molar-refractivity contribution in [1.29, 1.82) is 0 Å². The largest absolute Gasteiger partial charge is 0.454 e. The molecule has 1 aliphatic rings. The van der Waals surface area contributed by atoms with Gasteiger partial charge >= 0.3 is 12.1 Å². The molecule has 5 aromatic carbocycles. The number of nitrogens with one attached hydrogen (secondary N) is 3. The van der Waals surface area contributed by atoms with Gasteiger partial charge in [0.2, 0.25) is 11.8 Å². The van der Waals surface area contributed by atoms with Crippen molar-refractivity contribution in [2.75, 3.05) is 13.2 Å². The summed E-state index contributed by atoms with van der Waals surface area (Å²) in [5, 5.41) is 7.74. The summed E-state index contributed by atoms with van der Waals surface area (Å²) in [4.78, 5) is 69.7. The number of imidazole rings is 1. The van der Waals surface area contributed by atoms with Crippen LogP contribution >= 0.6 is 0 Å². The fraction of sp³-hybridized carbons (Fsp3) is 0.240. The molecule has 1 aromatic heterocycles. The number of alkyl carbamates (subject to hydrolysis) is 1. The molecule has 0 unspecified atom stereocenters. The van der Waals surface area contributed by atoms with Crippen molar-refractivity contribution < 1.29 is 33.4 Å². The van der Waals surface area contributed by atoms with Gasteiger partial charge in [0.1, 0.15) is 30.3 Å². The van der Waals surface area contributed by atoms with E-state index in [0.29, 0.717) is 5.69 Å². The first-order valence-corrected chi connectivity index (χ1v) is 20.8. The molecule has 0 fully saturated rings. The monoisotopic (exact) mass is 846 g/mol. The maximum atomic E-state index is 13.3. The van der Waals surface area contributed by atoms with Gasteiger partial charge in [0.15, 0.2) is 6.61 Å². The lowest BCUT2D eigenvalue weighted by atomic mass is 9.77. The van der Waals surface area contributed by atoms with Gasteiger partial charge in [0.25, 0.3) is 5.91 Å². The predicted molar refractivity (Wildman–Crippen MR) is 237 cm³/mol. The number of rotatable bonds is 17. The second-order valence-electron chi connectivity index (χ2n) is 15.8. The zero-order chi connectivity index (χ0) is 44.5. The molecule has 13 heteroatoms. The number of nitrogens with zero attached hydrogens (tertiary/aromatic N) is 2. The van der Waals surface area contributed by atoms with Crippen molar-refractivity contribution in [2.45, 2.75) is 56.8 Å². The highest BCUT2D eigenvalue weighted by Gasteiger charge is 2.39. The number of benzene rings is 5. The average Bonchev–Trinajstić information content (AvgIpc) is 3.90. The molecule has 3 atom stereocenters. The SMILES string of the molecule is CC(C)[C@H](NC(=O)OCC1c2ccccc2-c2ccccc21)C(=O)N[C@@H](C)C(=O)OCC(=O)N[C@@H](Cc1cn(C(c2ccccc2)(c2ccccc2)c2ccccc2)cn1)C(N)=O. The molecular weight excluding hydrogens is 797 g/mol. The summed E-state index contributed by atoms with van der Waals surface area (Å²) in [6.07, 6.45) is 2.69. The summed E-state index contributed by atoms with van der Waals surface area (Å²) in [5.41, 5.74) is 12.6. The Bertz CT molecular complexity index is 2420. The number of ether oxygens (including phenoxy) is 2. The van der Waals surface area contributed by atoms with Crippen LogP contribution in [0.5, 0.6) is 0 Å². The lowest BCUT2D eigenvalue weighted by Gasteiger charge is -2.37. The summed E-state index contributed by atoms with van der Waals surface area (Å²) in [6, 6.07) is 42.5. The Kier molecular flexibility index (Phi) is 13.4. The number of esters is 1. The molecule has 1 heterocycles. The zero-order valence-electron chi connectivity index (χ0n) is 35.3. The normalized spacial score (nSPS) is 13.5. The number of fused-ring (bicyclic) bond motifs is 3. The van der Waals surface area contributed by atoms with Gasteiger partial charge in [0.05, 0.1) is 12.0 Å². The number of carbonyl (C=O) groups is 5. The van der Waals surface area contributed by atoms with E-state index in [4.69, 9.17) is 15.2 Å². The van der Waals surface area contributed by atoms with Crippen LogP contribution in [0.3, 0.4) is 0 Å². The van der Waals surface area contributed by atoms with Gasteiger partial charge in [-0.05, 0) is 51.8 Å². The van der Waals surface area contributed by atoms with Crippen molar-refractivity contribution in [2.24, 2.45) is 11.7 Å². The van der Waals surface area contributed by atoms with Crippen LogP contribution in [0.1, 0.15) is 60.2 Å². The molecule has 0 spiro atoms. The summed E-state index contributed by atoms with van der Waals surface area (Å²) < 4.78 is 12.8. The summed E-state index contributed by atoms with van der Waals surface area (Å²) in [7, 11) is 0. The van der Waals surface area contributed by atoms with Gasteiger partial charge < -0.3 is 35.7 Å². The third-order valence-corrected chi connectivity index (χ3v) is 11.3. The van der Waals surface area contributed by atoms with E-state index >= 15 is 0 Å². The molecular formula is C50H50N6O7. The van der Waals surface area contributed by atoms with E-state index in [1.165, 1.54) is 6.92 Å². The lowest BCUT2D eigenvalue weighted by Crippen LogP contribution is -2.53. The summed E-state index contributed by atoms with van der Waals surface area (Å²) in [5.74, 6) is -3.68. The Balaban J connectivity index is 0.942. The number of hydrogen-bond donors (Lipinski definition) is 4. The van der Waals surface area contributed by atoms with Crippen molar-refractivity contribution in [3.05, 3.63) is 186 Å². The predicted octanol–water partition coefficient (Wildman–Crippen LogP) is 5.85. The van der Waals surface area contributed by atoms with Crippen LogP contribution in [0.4, 0.5) is 4.79 Å². The molecule has 7 rings (SSSR count). The Hall–Kier alpha value is -7.54. The van der Waals surface area contributed by atoms with Gasteiger partial charge in [-0.2, -0.15) is 0 Å². The fourth-order valence-corrected chi connectivity index (χ4v) is 8.23. The summed E-state index contributed by atoms with van der Waals surface area (Å²) >= 11 is 0. The first kappa shape index (κ1) is 43.5. The molecule has 1 aliphatic carbocycles. The highest BCUT2D eigenvalue weighted by Crippen LogP contribution is 2.45. The number of hydrogen-bond acceptors (Lipinski definition) is 8.